The molecule has 0 spiro atoms. The Kier molecular flexibility index (Phi) is 4.50. The molecule has 0 aliphatic carbocycles. The van der Waals surface area contributed by atoms with Gasteiger partial charge in [-0.05, 0) is 39.3 Å². The highest BCUT2D eigenvalue weighted by atomic mass is 32.1. The van der Waals surface area contributed by atoms with Crippen molar-refractivity contribution in [2.24, 2.45) is 5.73 Å². The van der Waals surface area contributed by atoms with Gasteiger partial charge in [0, 0.05) is 28.3 Å². The maximum Gasteiger partial charge on any atom is 0.218 e. The molecule has 0 saturated heterocycles. The number of thiophene rings is 1. The van der Waals surface area contributed by atoms with Crippen molar-refractivity contribution in [2.45, 2.75) is 46.2 Å². The Morgan fingerprint density at radius 2 is 2.12 bits per heavy atom. The highest BCUT2D eigenvalue weighted by molar-refractivity contribution is 7.12. The van der Waals surface area contributed by atoms with Gasteiger partial charge in [-0.15, -0.1) is 11.3 Å². The molecule has 3 N–H and O–H groups in total. The number of carbonyl (C=O) groups is 1. The Hall–Kier alpha value is -0.870. The minimum absolute atomic E-state index is 0.118. The summed E-state index contributed by atoms with van der Waals surface area (Å²) in [6.07, 6.45) is 0.381. The van der Waals surface area contributed by atoms with E-state index in [0.29, 0.717) is 6.42 Å². The van der Waals surface area contributed by atoms with E-state index in [1.54, 1.807) is 11.3 Å². The predicted molar refractivity (Wildman–Crippen MR) is 68.6 cm³/mol. The Morgan fingerprint density at radius 3 is 2.56 bits per heavy atom. The summed E-state index contributed by atoms with van der Waals surface area (Å²) in [4.78, 5) is 13.4. The van der Waals surface area contributed by atoms with Crippen molar-refractivity contribution in [2.75, 3.05) is 0 Å². The van der Waals surface area contributed by atoms with Crippen LogP contribution in [0.1, 0.15) is 41.6 Å². The number of primary amides is 1. The van der Waals surface area contributed by atoms with E-state index in [1.807, 2.05) is 6.92 Å². The Morgan fingerprint density at radius 1 is 1.50 bits per heavy atom. The molecule has 0 aliphatic rings. The number of hydrogen-bond donors (Lipinski definition) is 2. The molecule has 0 fully saturated rings. The molecule has 16 heavy (non-hydrogen) atoms. The van der Waals surface area contributed by atoms with Gasteiger partial charge in [0.25, 0.3) is 0 Å². The zero-order valence-corrected chi connectivity index (χ0v) is 11.1. The summed E-state index contributed by atoms with van der Waals surface area (Å²) in [6.45, 7) is 8.34. The molecule has 1 amide bonds. The van der Waals surface area contributed by atoms with Gasteiger partial charge in [-0.25, -0.2) is 0 Å². The normalized spacial score (nSPS) is 14.8. The minimum Gasteiger partial charge on any atom is -0.370 e. The molecule has 1 aromatic rings. The summed E-state index contributed by atoms with van der Waals surface area (Å²) in [5, 5.41) is 3.39. The predicted octanol–water partition coefficient (Wildman–Crippen LogP) is 2.28. The van der Waals surface area contributed by atoms with Gasteiger partial charge in [0.05, 0.1) is 0 Å². The van der Waals surface area contributed by atoms with E-state index in [4.69, 9.17) is 5.73 Å². The van der Waals surface area contributed by atoms with E-state index in [9.17, 15) is 4.79 Å². The van der Waals surface area contributed by atoms with Crippen LogP contribution in [-0.4, -0.2) is 11.9 Å². The molecule has 0 bridgehead atoms. The van der Waals surface area contributed by atoms with Crippen molar-refractivity contribution in [3.05, 3.63) is 21.4 Å². The maximum absolute atomic E-state index is 10.8. The highest BCUT2D eigenvalue weighted by Gasteiger charge is 2.14. The largest absolute Gasteiger partial charge is 0.370 e. The number of nitrogens with one attached hydrogen (secondary N) is 1. The second-order valence-electron chi connectivity index (χ2n) is 4.33. The third-order valence-electron chi connectivity index (χ3n) is 2.59. The first-order chi connectivity index (χ1) is 7.40. The number of amides is 1. The maximum atomic E-state index is 10.8. The van der Waals surface area contributed by atoms with Gasteiger partial charge in [-0.3, -0.25) is 4.79 Å². The molecule has 0 aliphatic heterocycles. The molecule has 0 aromatic carbocycles. The minimum atomic E-state index is -0.259. The van der Waals surface area contributed by atoms with Crippen LogP contribution in [0, 0.1) is 13.8 Å². The van der Waals surface area contributed by atoms with Gasteiger partial charge >= 0.3 is 0 Å². The van der Waals surface area contributed by atoms with Crippen LogP contribution < -0.4 is 11.1 Å². The molecule has 1 aromatic heterocycles. The van der Waals surface area contributed by atoms with E-state index in [2.05, 4.69) is 32.2 Å². The van der Waals surface area contributed by atoms with Crippen molar-refractivity contribution in [3.63, 3.8) is 0 Å². The van der Waals surface area contributed by atoms with Gasteiger partial charge in [-0.2, -0.15) is 0 Å². The summed E-state index contributed by atoms with van der Waals surface area (Å²) < 4.78 is 0. The first-order valence-electron chi connectivity index (χ1n) is 5.51. The fraction of sp³-hybridized carbons (Fsp3) is 0.583. The van der Waals surface area contributed by atoms with Crippen LogP contribution in [0.15, 0.2) is 6.07 Å². The van der Waals surface area contributed by atoms with Gasteiger partial charge in [0.2, 0.25) is 5.91 Å². The van der Waals surface area contributed by atoms with Crippen molar-refractivity contribution >= 4 is 17.2 Å². The molecular weight excluding hydrogens is 220 g/mol. The lowest BCUT2D eigenvalue weighted by Gasteiger charge is -2.19. The Labute approximate surface area is 101 Å². The first-order valence-corrected chi connectivity index (χ1v) is 6.33. The Balaban J connectivity index is 2.61. The zero-order valence-electron chi connectivity index (χ0n) is 10.3. The van der Waals surface area contributed by atoms with Crippen LogP contribution in [-0.2, 0) is 4.79 Å². The average Bonchev–Trinajstić information content (AvgIpc) is 2.43. The number of hydrogen-bond acceptors (Lipinski definition) is 3. The van der Waals surface area contributed by atoms with Gasteiger partial charge in [0.15, 0.2) is 0 Å². The van der Waals surface area contributed by atoms with Gasteiger partial charge in [-0.1, -0.05) is 0 Å². The van der Waals surface area contributed by atoms with Crippen LogP contribution in [0.4, 0.5) is 0 Å². The van der Waals surface area contributed by atoms with E-state index in [-0.39, 0.29) is 18.0 Å². The Bertz CT molecular complexity index is 373. The molecule has 4 heteroatoms. The van der Waals surface area contributed by atoms with Crippen LogP contribution in [0.3, 0.4) is 0 Å². The number of rotatable bonds is 5. The van der Waals surface area contributed by atoms with E-state index in [1.165, 1.54) is 15.3 Å². The summed E-state index contributed by atoms with van der Waals surface area (Å²) in [5.41, 5.74) is 6.48. The van der Waals surface area contributed by atoms with Crippen LogP contribution >= 0.6 is 11.3 Å². The standard InChI is InChI=1S/C12H20N2OS/c1-7(5-12(13)15)14-9(3)11-6-8(2)16-10(11)4/h6-7,9,14H,5H2,1-4H3,(H2,13,15). The van der Waals surface area contributed by atoms with Crippen molar-refractivity contribution in [1.82, 2.24) is 5.32 Å². The topological polar surface area (TPSA) is 55.1 Å². The molecule has 0 saturated carbocycles. The van der Waals surface area contributed by atoms with Crippen LogP contribution in [0.2, 0.25) is 0 Å². The third-order valence-corrected chi connectivity index (χ3v) is 3.57. The lowest BCUT2D eigenvalue weighted by atomic mass is 10.1. The molecule has 90 valence electrons. The number of aryl methyl sites for hydroxylation is 2. The van der Waals surface area contributed by atoms with Crippen molar-refractivity contribution in [3.8, 4) is 0 Å². The molecule has 2 atom stereocenters. The number of carbonyl (C=O) groups excluding carboxylic acids is 1. The summed E-state index contributed by atoms with van der Waals surface area (Å²) in [6, 6.07) is 2.58. The highest BCUT2D eigenvalue weighted by Crippen LogP contribution is 2.26. The zero-order chi connectivity index (χ0) is 12.3. The van der Waals surface area contributed by atoms with Crippen molar-refractivity contribution < 1.29 is 4.79 Å². The fourth-order valence-electron chi connectivity index (χ4n) is 1.96. The first kappa shape index (κ1) is 13.2. The smallest absolute Gasteiger partial charge is 0.218 e. The molecule has 3 nitrogen and oxygen atoms in total. The SMILES string of the molecule is Cc1cc(C(C)NC(C)CC(N)=O)c(C)s1. The van der Waals surface area contributed by atoms with Crippen LogP contribution in [0.5, 0.6) is 0 Å². The lowest BCUT2D eigenvalue weighted by molar-refractivity contribution is -0.118. The molecule has 1 heterocycles. The van der Waals surface area contributed by atoms with Gasteiger partial charge < -0.3 is 11.1 Å². The molecule has 1 rings (SSSR count). The fourth-order valence-corrected chi connectivity index (χ4v) is 2.98. The second-order valence-corrected chi connectivity index (χ2v) is 5.79. The number of nitrogens with two attached hydrogens (primary N) is 1. The van der Waals surface area contributed by atoms with E-state index >= 15 is 0 Å². The van der Waals surface area contributed by atoms with Gasteiger partial charge in [0.1, 0.15) is 0 Å². The summed E-state index contributed by atoms with van der Waals surface area (Å²) >= 11 is 1.81. The summed E-state index contributed by atoms with van der Waals surface area (Å²) in [5.74, 6) is -0.259. The van der Waals surface area contributed by atoms with Crippen LogP contribution in [0.25, 0.3) is 0 Å². The lowest BCUT2D eigenvalue weighted by Crippen LogP contribution is -2.32. The second kappa shape index (κ2) is 5.46. The van der Waals surface area contributed by atoms with Crippen molar-refractivity contribution in [1.29, 1.82) is 0 Å². The molecule has 2 unspecified atom stereocenters. The monoisotopic (exact) mass is 240 g/mol. The third kappa shape index (κ3) is 3.61. The van der Waals surface area contributed by atoms with E-state index in [0.717, 1.165) is 0 Å². The molecule has 0 radical (unpaired) electrons. The summed E-state index contributed by atoms with van der Waals surface area (Å²) in [7, 11) is 0. The average molecular weight is 240 g/mol. The molecular formula is C12H20N2OS. The quantitative estimate of drug-likeness (QED) is 0.829. The van der Waals surface area contributed by atoms with E-state index < -0.39 is 0 Å².